The van der Waals surface area contributed by atoms with Crippen LogP contribution in [0.1, 0.15) is 37.8 Å². The van der Waals surface area contributed by atoms with Crippen molar-refractivity contribution < 1.29 is 9.15 Å². The number of hydrogen-bond acceptors (Lipinski definition) is 4. The minimum absolute atomic E-state index is 0.532. The normalized spacial score (nSPS) is 15.6. The van der Waals surface area contributed by atoms with E-state index in [1.807, 2.05) is 6.92 Å². The molecule has 1 N–H and O–H groups in total. The highest BCUT2D eigenvalue weighted by molar-refractivity contribution is 4.92. The molecule has 4 nitrogen and oxygen atoms in total. The van der Waals surface area contributed by atoms with E-state index in [9.17, 15) is 0 Å². The monoisotopic (exact) mass is 224 g/mol. The number of oxazole rings is 1. The van der Waals surface area contributed by atoms with Gasteiger partial charge in [0.15, 0.2) is 5.89 Å². The average Bonchev–Trinajstić information content (AvgIpc) is 3.01. The lowest BCUT2D eigenvalue weighted by Gasteiger charge is -2.00. The minimum Gasteiger partial charge on any atom is -0.443 e. The summed E-state index contributed by atoms with van der Waals surface area (Å²) in [4.78, 5) is 4.23. The van der Waals surface area contributed by atoms with Crippen LogP contribution in [0.15, 0.2) is 10.6 Å². The summed E-state index contributed by atoms with van der Waals surface area (Å²) in [6, 6.07) is 0.790. The van der Waals surface area contributed by atoms with Gasteiger partial charge in [-0.25, -0.2) is 4.98 Å². The third-order valence-electron chi connectivity index (χ3n) is 2.63. The van der Waals surface area contributed by atoms with Gasteiger partial charge in [0.25, 0.3) is 0 Å². The summed E-state index contributed by atoms with van der Waals surface area (Å²) < 4.78 is 10.8. The van der Waals surface area contributed by atoms with Crippen LogP contribution >= 0.6 is 0 Å². The molecule has 1 aromatic rings. The molecule has 0 bridgehead atoms. The molecule has 0 amide bonds. The molecule has 0 atom stereocenters. The molecule has 0 radical (unpaired) electrons. The lowest BCUT2D eigenvalue weighted by molar-refractivity contribution is 0.117. The van der Waals surface area contributed by atoms with E-state index in [-0.39, 0.29) is 0 Å². The smallest absolute Gasteiger partial charge is 0.194 e. The average molecular weight is 224 g/mol. The van der Waals surface area contributed by atoms with Crippen LogP contribution in [0, 0.1) is 0 Å². The van der Waals surface area contributed by atoms with E-state index in [1.165, 1.54) is 12.8 Å². The Hall–Kier alpha value is -0.870. The topological polar surface area (TPSA) is 47.3 Å². The second kappa shape index (κ2) is 6.01. The van der Waals surface area contributed by atoms with Crippen LogP contribution in [0.2, 0.25) is 0 Å². The number of ether oxygens (including phenoxy) is 1. The zero-order chi connectivity index (χ0) is 11.2. The quantitative estimate of drug-likeness (QED) is 0.685. The molecule has 0 aromatic carbocycles. The molecule has 2 rings (SSSR count). The van der Waals surface area contributed by atoms with Crippen molar-refractivity contribution in [2.45, 2.75) is 45.3 Å². The number of nitrogens with one attached hydrogen (secondary N) is 1. The molecular weight excluding hydrogens is 204 g/mol. The number of hydrogen-bond donors (Lipinski definition) is 1. The van der Waals surface area contributed by atoms with Gasteiger partial charge < -0.3 is 14.5 Å². The van der Waals surface area contributed by atoms with Crippen LogP contribution in [-0.4, -0.2) is 24.2 Å². The Kier molecular flexibility index (Phi) is 4.36. The van der Waals surface area contributed by atoms with Gasteiger partial charge in [-0.3, -0.25) is 0 Å². The molecule has 0 aliphatic heterocycles. The fourth-order valence-electron chi connectivity index (χ4n) is 1.57. The maximum atomic E-state index is 5.54. The first-order valence-electron chi connectivity index (χ1n) is 6.13. The summed E-state index contributed by atoms with van der Waals surface area (Å²) in [7, 11) is 0. The van der Waals surface area contributed by atoms with E-state index in [2.05, 4.69) is 10.3 Å². The Morgan fingerprint density at radius 2 is 2.44 bits per heavy atom. The first-order chi connectivity index (χ1) is 7.88. The minimum atomic E-state index is 0.532. The van der Waals surface area contributed by atoms with E-state index < -0.39 is 0 Å². The summed E-state index contributed by atoms with van der Waals surface area (Å²) in [6.45, 7) is 4.28. The summed E-state index contributed by atoms with van der Waals surface area (Å²) in [5.41, 5.74) is 0. The van der Waals surface area contributed by atoms with E-state index in [0.29, 0.717) is 13.2 Å². The Balaban J connectivity index is 1.61. The molecular formula is C12H20N2O2. The molecule has 1 aliphatic rings. The van der Waals surface area contributed by atoms with Crippen molar-refractivity contribution in [3.8, 4) is 0 Å². The standard InChI is InChI=1S/C12H20N2O2/c1-2-15-9-11-8-14-12(16-11)4-3-7-13-10-5-6-10/h8,10,13H,2-7,9H2,1H3. The lowest BCUT2D eigenvalue weighted by atomic mass is 10.3. The predicted octanol–water partition coefficient (Wildman–Crippen LogP) is 1.90. The SMILES string of the molecule is CCOCc1cnc(CCCNC2CC2)o1. The Labute approximate surface area is 96.4 Å². The Morgan fingerprint density at radius 1 is 1.56 bits per heavy atom. The van der Waals surface area contributed by atoms with E-state index in [0.717, 1.165) is 37.1 Å². The number of aromatic nitrogens is 1. The van der Waals surface area contributed by atoms with Gasteiger partial charge in [-0.15, -0.1) is 0 Å². The van der Waals surface area contributed by atoms with Gasteiger partial charge in [-0.05, 0) is 32.7 Å². The molecule has 1 saturated carbocycles. The third-order valence-corrected chi connectivity index (χ3v) is 2.63. The van der Waals surface area contributed by atoms with Crippen LogP contribution in [0.3, 0.4) is 0 Å². The molecule has 4 heteroatoms. The molecule has 0 saturated heterocycles. The first kappa shape index (κ1) is 11.6. The van der Waals surface area contributed by atoms with Crippen LogP contribution in [0.4, 0.5) is 0 Å². The summed E-state index contributed by atoms with van der Waals surface area (Å²) in [5, 5.41) is 3.47. The molecule has 1 heterocycles. The molecule has 16 heavy (non-hydrogen) atoms. The second-order valence-corrected chi connectivity index (χ2v) is 4.19. The van der Waals surface area contributed by atoms with Crippen molar-refractivity contribution in [3.05, 3.63) is 17.8 Å². The highest BCUT2D eigenvalue weighted by Gasteiger charge is 2.19. The fourth-order valence-corrected chi connectivity index (χ4v) is 1.57. The van der Waals surface area contributed by atoms with Crippen molar-refractivity contribution in [1.29, 1.82) is 0 Å². The Bertz CT molecular complexity index is 308. The molecule has 0 unspecified atom stereocenters. The number of rotatable bonds is 8. The highest BCUT2D eigenvalue weighted by Crippen LogP contribution is 2.18. The predicted molar refractivity (Wildman–Crippen MR) is 61.2 cm³/mol. The molecule has 90 valence electrons. The van der Waals surface area contributed by atoms with Gasteiger partial charge >= 0.3 is 0 Å². The van der Waals surface area contributed by atoms with Crippen molar-refractivity contribution in [2.24, 2.45) is 0 Å². The van der Waals surface area contributed by atoms with Crippen LogP contribution < -0.4 is 5.32 Å². The first-order valence-corrected chi connectivity index (χ1v) is 6.13. The van der Waals surface area contributed by atoms with Crippen molar-refractivity contribution in [2.75, 3.05) is 13.2 Å². The summed E-state index contributed by atoms with van der Waals surface area (Å²) in [6.07, 6.45) is 6.45. The number of nitrogens with zero attached hydrogens (tertiary/aromatic N) is 1. The molecule has 1 fully saturated rings. The van der Waals surface area contributed by atoms with Gasteiger partial charge in [-0.2, -0.15) is 0 Å². The van der Waals surface area contributed by atoms with Crippen LogP contribution in [0.5, 0.6) is 0 Å². The molecule has 0 spiro atoms. The van der Waals surface area contributed by atoms with Gasteiger partial charge in [-0.1, -0.05) is 0 Å². The van der Waals surface area contributed by atoms with E-state index in [1.54, 1.807) is 6.20 Å². The molecule has 1 aromatic heterocycles. The second-order valence-electron chi connectivity index (χ2n) is 4.19. The molecule has 1 aliphatic carbocycles. The van der Waals surface area contributed by atoms with Crippen LogP contribution in [-0.2, 0) is 17.8 Å². The van der Waals surface area contributed by atoms with Crippen molar-refractivity contribution >= 4 is 0 Å². The van der Waals surface area contributed by atoms with Crippen molar-refractivity contribution in [3.63, 3.8) is 0 Å². The maximum Gasteiger partial charge on any atom is 0.194 e. The highest BCUT2D eigenvalue weighted by atomic mass is 16.5. The number of aryl methyl sites for hydroxylation is 1. The lowest BCUT2D eigenvalue weighted by Crippen LogP contribution is -2.17. The van der Waals surface area contributed by atoms with E-state index >= 15 is 0 Å². The zero-order valence-corrected chi connectivity index (χ0v) is 9.87. The van der Waals surface area contributed by atoms with Gasteiger partial charge in [0.05, 0.1) is 6.20 Å². The van der Waals surface area contributed by atoms with E-state index in [4.69, 9.17) is 9.15 Å². The third kappa shape index (κ3) is 3.94. The van der Waals surface area contributed by atoms with Gasteiger partial charge in [0, 0.05) is 19.1 Å². The Morgan fingerprint density at radius 3 is 3.19 bits per heavy atom. The van der Waals surface area contributed by atoms with Crippen LogP contribution in [0.25, 0.3) is 0 Å². The van der Waals surface area contributed by atoms with Gasteiger partial charge in [0.1, 0.15) is 12.4 Å². The largest absolute Gasteiger partial charge is 0.443 e. The fraction of sp³-hybridized carbons (Fsp3) is 0.750. The summed E-state index contributed by atoms with van der Waals surface area (Å²) in [5.74, 6) is 1.65. The zero-order valence-electron chi connectivity index (χ0n) is 9.87. The van der Waals surface area contributed by atoms with Gasteiger partial charge in [0.2, 0.25) is 0 Å². The maximum absolute atomic E-state index is 5.54. The summed E-state index contributed by atoms with van der Waals surface area (Å²) >= 11 is 0. The van der Waals surface area contributed by atoms with Crippen molar-refractivity contribution in [1.82, 2.24) is 10.3 Å².